The van der Waals surface area contributed by atoms with Crippen LogP contribution < -0.4 is 5.32 Å². The van der Waals surface area contributed by atoms with Crippen molar-refractivity contribution in [2.75, 3.05) is 20.2 Å². The van der Waals surface area contributed by atoms with Gasteiger partial charge in [-0.2, -0.15) is 0 Å². The van der Waals surface area contributed by atoms with Crippen molar-refractivity contribution in [1.82, 2.24) is 10.2 Å². The van der Waals surface area contributed by atoms with Gasteiger partial charge in [0.1, 0.15) is 0 Å². The number of hydrogen-bond donors (Lipinski definition) is 2. The predicted molar refractivity (Wildman–Crippen MR) is 68.6 cm³/mol. The van der Waals surface area contributed by atoms with E-state index in [4.69, 9.17) is 0 Å². The van der Waals surface area contributed by atoms with Gasteiger partial charge in [-0.25, -0.2) is 0 Å². The molecule has 16 heavy (non-hydrogen) atoms. The molecule has 1 fully saturated rings. The summed E-state index contributed by atoms with van der Waals surface area (Å²) in [4.78, 5) is 2.45. The van der Waals surface area contributed by atoms with Crippen LogP contribution in [0.3, 0.4) is 0 Å². The van der Waals surface area contributed by atoms with Gasteiger partial charge in [-0.05, 0) is 53.1 Å². The number of hydrogen-bond acceptors (Lipinski definition) is 3. The van der Waals surface area contributed by atoms with Gasteiger partial charge < -0.3 is 15.3 Å². The summed E-state index contributed by atoms with van der Waals surface area (Å²) >= 11 is 0. The molecule has 2 N–H and O–H groups in total. The second-order valence-electron chi connectivity index (χ2n) is 5.48. The van der Waals surface area contributed by atoms with Crippen molar-refractivity contribution >= 4 is 0 Å². The highest BCUT2D eigenvalue weighted by atomic mass is 16.3. The van der Waals surface area contributed by atoms with E-state index in [0.717, 1.165) is 19.4 Å². The summed E-state index contributed by atoms with van der Waals surface area (Å²) in [6, 6.07) is 1.20. The minimum Gasteiger partial charge on any atom is -0.394 e. The van der Waals surface area contributed by atoms with E-state index in [1.54, 1.807) is 0 Å². The molecule has 0 bridgehead atoms. The van der Waals surface area contributed by atoms with E-state index in [9.17, 15) is 5.11 Å². The lowest BCUT2D eigenvalue weighted by Gasteiger charge is -2.44. The maximum atomic E-state index is 9.63. The number of aliphatic hydroxyl groups excluding tert-OH is 1. The van der Waals surface area contributed by atoms with Gasteiger partial charge in [-0.1, -0.05) is 6.92 Å². The zero-order valence-electron chi connectivity index (χ0n) is 11.3. The Morgan fingerprint density at radius 2 is 2.19 bits per heavy atom. The van der Waals surface area contributed by atoms with Crippen molar-refractivity contribution in [2.24, 2.45) is 0 Å². The third-order valence-corrected chi connectivity index (χ3v) is 4.06. The molecule has 1 saturated carbocycles. The minimum absolute atomic E-state index is 0.0270. The molecule has 0 heterocycles. The zero-order chi connectivity index (χ0) is 12.2. The fourth-order valence-electron chi connectivity index (χ4n) is 2.84. The molecule has 2 unspecified atom stereocenters. The smallest absolute Gasteiger partial charge is 0.0613 e. The third-order valence-electron chi connectivity index (χ3n) is 4.06. The zero-order valence-corrected chi connectivity index (χ0v) is 11.3. The summed E-state index contributed by atoms with van der Waals surface area (Å²) in [5.41, 5.74) is -0.0270. The molecule has 3 heteroatoms. The van der Waals surface area contributed by atoms with Crippen LogP contribution in [0.15, 0.2) is 0 Å². The van der Waals surface area contributed by atoms with Gasteiger partial charge in [0.05, 0.1) is 6.61 Å². The fraction of sp³-hybridized carbons (Fsp3) is 1.00. The standard InChI is InChI=1S/C13H28N2O/c1-5-14-13(10-16)8-6-7-12(9-13)15(4)11(2)3/h11-12,14,16H,5-10H2,1-4H3. The molecule has 1 aliphatic rings. The van der Waals surface area contributed by atoms with E-state index < -0.39 is 0 Å². The maximum absolute atomic E-state index is 9.63. The van der Waals surface area contributed by atoms with Crippen LogP contribution in [0.2, 0.25) is 0 Å². The van der Waals surface area contributed by atoms with Crippen molar-refractivity contribution < 1.29 is 5.11 Å². The molecule has 1 aliphatic carbocycles. The van der Waals surface area contributed by atoms with Crippen LogP contribution in [-0.2, 0) is 0 Å². The fourth-order valence-corrected chi connectivity index (χ4v) is 2.84. The maximum Gasteiger partial charge on any atom is 0.0613 e. The normalized spacial score (nSPS) is 31.3. The lowest BCUT2D eigenvalue weighted by molar-refractivity contribution is 0.0596. The van der Waals surface area contributed by atoms with E-state index in [1.807, 2.05) is 0 Å². The van der Waals surface area contributed by atoms with Crippen molar-refractivity contribution in [3.05, 3.63) is 0 Å². The van der Waals surface area contributed by atoms with Gasteiger partial charge in [-0.15, -0.1) is 0 Å². The van der Waals surface area contributed by atoms with Crippen LogP contribution in [0.25, 0.3) is 0 Å². The van der Waals surface area contributed by atoms with E-state index in [-0.39, 0.29) is 12.1 Å². The van der Waals surface area contributed by atoms with E-state index in [2.05, 4.69) is 38.0 Å². The number of rotatable bonds is 5. The van der Waals surface area contributed by atoms with Crippen molar-refractivity contribution in [1.29, 1.82) is 0 Å². The van der Waals surface area contributed by atoms with Gasteiger partial charge in [0.15, 0.2) is 0 Å². The highest BCUT2D eigenvalue weighted by Gasteiger charge is 2.36. The van der Waals surface area contributed by atoms with E-state index in [0.29, 0.717) is 12.1 Å². The van der Waals surface area contributed by atoms with E-state index >= 15 is 0 Å². The lowest BCUT2D eigenvalue weighted by Crippen LogP contribution is -2.56. The van der Waals surface area contributed by atoms with Gasteiger partial charge in [-0.3, -0.25) is 0 Å². The van der Waals surface area contributed by atoms with Crippen LogP contribution >= 0.6 is 0 Å². The molecule has 0 radical (unpaired) electrons. The monoisotopic (exact) mass is 228 g/mol. The van der Waals surface area contributed by atoms with Crippen molar-refractivity contribution in [3.8, 4) is 0 Å². The number of likely N-dealkylation sites (N-methyl/N-ethyl adjacent to an activating group) is 1. The topological polar surface area (TPSA) is 35.5 Å². The van der Waals surface area contributed by atoms with Crippen LogP contribution in [0.1, 0.15) is 46.5 Å². The summed E-state index contributed by atoms with van der Waals surface area (Å²) in [6.07, 6.45) is 4.67. The summed E-state index contributed by atoms with van der Waals surface area (Å²) in [6.45, 7) is 7.81. The van der Waals surface area contributed by atoms with Crippen molar-refractivity contribution in [2.45, 2.75) is 64.1 Å². The molecule has 0 aromatic carbocycles. The molecule has 0 spiro atoms. The molecule has 0 aliphatic heterocycles. The molecule has 2 atom stereocenters. The molecular formula is C13H28N2O. The molecule has 0 aromatic heterocycles. The van der Waals surface area contributed by atoms with Crippen LogP contribution in [0.5, 0.6) is 0 Å². The highest BCUT2D eigenvalue weighted by Crippen LogP contribution is 2.31. The second-order valence-corrected chi connectivity index (χ2v) is 5.48. The predicted octanol–water partition coefficient (Wildman–Crippen LogP) is 1.61. The molecule has 0 saturated heterocycles. The summed E-state index contributed by atoms with van der Waals surface area (Å²) in [5, 5.41) is 13.1. The first-order chi connectivity index (χ1) is 7.54. The first-order valence-corrected chi connectivity index (χ1v) is 6.62. The Labute approximate surface area is 100 Å². The quantitative estimate of drug-likeness (QED) is 0.750. The average Bonchev–Trinajstić information content (AvgIpc) is 2.28. The SMILES string of the molecule is CCNC1(CO)CCCC(N(C)C(C)C)C1. The van der Waals surface area contributed by atoms with E-state index in [1.165, 1.54) is 12.8 Å². The van der Waals surface area contributed by atoms with Gasteiger partial charge >= 0.3 is 0 Å². The summed E-state index contributed by atoms with van der Waals surface area (Å²) < 4.78 is 0. The largest absolute Gasteiger partial charge is 0.394 e. The summed E-state index contributed by atoms with van der Waals surface area (Å²) in [5.74, 6) is 0. The number of nitrogens with one attached hydrogen (secondary N) is 1. The lowest BCUT2D eigenvalue weighted by atomic mass is 9.78. The van der Waals surface area contributed by atoms with Crippen LogP contribution in [0.4, 0.5) is 0 Å². The van der Waals surface area contributed by atoms with Crippen LogP contribution in [-0.4, -0.2) is 47.8 Å². The van der Waals surface area contributed by atoms with Gasteiger partial charge in [0.25, 0.3) is 0 Å². The minimum atomic E-state index is -0.0270. The molecule has 3 nitrogen and oxygen atoms in total. The first kappa shape index (κ1) is 13.9. The molecule has 96 valence electrons. The molecule has 1 rings (SSSR count). The summed E-state index contributed by atoms with van der Waals surface area (Å²) in [7, 11) is 2.20. The second kappa shape index (κ2) is 5.99. The van der Waals surface area contributed by atoms with Crippen LogP contribution in [0, 0.1) is 0 Å². The Bertz CT molecular complexity index is 204. The molecular weight excluding hydrogens is 200 g/mol. The van der Waals surface area contributed by atoms with Gasteiger partial charge in [0, 0.05) is 17.6 Å². The number of nitrogens with zero attached hydrogens (tertiary/aromatic N) is 1. The molecule has 0 amide bonds. The average molecular weight is 228 g/mol. The third kappa shape index (κ3) is 3.19. The Morgan fingerprint density at radius 1 is 1.50 bits per heavy atom. The van der Waals surface area contributed by atoms with Crippen molar-refractivity contribution in [3.63, 3.8) is 0 Å². The Morgan fingerprint density at radius 3 is 2.69 bits per heavy atom. The number of aliphatic hydroxyl groups is 1. The Hall–Kier alpha value is -0.120. The highest BCUT2D eigenvalue weighted by molar-refractivity contribution is 4.96. The Balaban J connectivity index is 2.64. The van der Waals surface area contributed by atoms with Gasteiger partial charge in [0.2, 0.25) is 0 Å². The first-order valence-electron chi connectivity index (χ1n) is 6.62. The molecule has 0 aromatic rings. The Kier molecular flexibility index (Phi) is 5.22.